The molecule has 0 saturated heterocycles. The van der Waals surface area contributed by atoms with Crippen LogP contribution in [0.25, 0.3) is 0 Å². The molecule has 0 spiro atoms. The molecule has 416 valence electrons. The number of hydrogen-bond acceptors (Lipinski definition) is 6. The molecule has 0 bridgehead atoms. The minimum atomic E-state index is -0.813. The van der Waals surface area contributed by atoms with E-state index in [1.807, 2.05) is 0 Å². The number of ether oxygens (including phenoxy) is 3. The van der Waals surface area contributed by atoms with Gasteiger partial charge in [0.25, 0.3) is 0 Å². The normalized spacial score (nSPS) is 12.9. The van der Waals surface area contributed by atoms with Gasteiger partial charge in [0.15, 0.2) is 6.10 Å². The molecular formula is C67H112O6. The monoisotopic (exact) mass is 1010 g/mol. The third kappa shape index (κ3) is 58.8. The van der Waals surface area contributed by atoms with Crippen molar-refractivity contribution in [1.82, 2.24) is 0 Å². The fourth-order valence-electron chi connectivity index (χ4n) is 8.24. The Balaban J connectivity index is 4.30. The van der Waals surface area contributed by atoms with E-state index in [0.717, 1.165) is 109 Å². The molecule has 0 aliphatic carbocycles. The lowest BCUT2D eigenvalue weighted by molar-refractivity contribution is -0.167. The first-order chi connectivity index (χ1) is 36.0. The van der Waals surface area contributed by atoms with E-state index in [0.29, 0.717) is 19.3 Å². The third-order valence-corrected chi connectivity index (χ3v) is 12.7. The van der Waals surface area contributed by atoms with Crippen LogP contribution in [0.1, 0.15) is 278 Å². The Hall–Kier alpha value is -3.93. The van der Waals surface area contributed by atoms with Crippen molar-refractivity contribution in [3.05, 3.63) is 109 Å². The maximum Gasteiger partial charge on any atom is 0.306 e. The van der Waals surface area contributed by atoms with Gasteiger partial charge in [-0.05, 0) is 122 Å². The molecule has 0 amide bonds. The molecule has 6 heteroatoms. The van der Waals surface area contributed by atoms with Crippen LogP contribution < -0.4 is 0 Å². The lowest BCUT2D eigenvalue weighted by atomic mass is 10.0. The van der Waals surface area contributed by atoms with E-state index in [9.17, 15) is 14.4 Å². The van der Waals surface area contributed by atoms with Crippen LogP contribution in [-0.2, 0) is 28.6 Å². The summed E-state index contributed by atoms with van der Waals surface area (Å²) in [5, 5.41) is 0. The van der Waals surface area contributed by atoms with Gasteiger partial charge in [-0.3, -0.25) is 14.4 Å². The Morgan fingerprint density at radius 1 is 0.288 bits per heavy atom. The van der Waals surface area contributed by atoms with E-state index in [4.69, 9.17) is 14.2 Å². The van der Waals surface area contributed by atoms with Gasteiger partial charge in [0.05, 0.1) is 0 Å². The highest BCUT2D eigenvalue weighted by atomic mass is 16.6. The van der Waals surface area contributed by atoms with Gasteiger partial charge in [-0.15, -0.1) is 0 Å². The highest BCUT2D eigenvalue weighted by Crippen LogP contribution is 2.16. The second-order valence-electron chi connectivity index (χ2n) is 19.8. The summed E-state index contributed by atoms with van der Waals surface area (Å²) in [6.07, 6.45) is 82.5. The second-order valence-corrected chi connectivity index (χ2v) is 19.8. The van der Waals surface area contributed by atoms with Crippen molar-refractivity contribution in [1.29, 1.82) is 0 Å². The van der Waals surface area contributed by atoms with Crippen LogP contribution in [0.4, 0.5) is 0 Å². The first kappa shape index (κ1) is 69.1. The number of carbonyl (C=O) groups is 3. The van der Waals surface area contributed by atoms with Crippen LogP contribution in [0.2, 0.25) is 0 Å². The fourth-order valence-corrected chi connectivity index (χ4v) is 8.24. The molecule has 0 radical (unpaired) electrons. The Kier molecular flexibility index (Phi) is 57.4. The summed E-state index contributed by atoms with van der Waals surface area (Å²) < 4.78 is 16.8. The minimum Gasteiger partial charge on any atom is -0.462 e. The topological polar surface area (TPSA) is 78.9 Å². The fraction of sp³-hybridized carbons (Fsp3) is 0.687. The molecule has 0 N–H and O–H groups in total. The number of allylic oxidation sites excluding steroid dienone is 18. The molecule has 0 aliphatic heterocycles. The Morgan fingerprint density at radius 3 is 0.877 bits per heavy atom. The zero-order valence-corrected chi connectivity index (χ0v) is 47.6. The molecule has 0 aromatic heterocycles. The average Bonchev–Trinajstić information content (AvgIpc) is 3.39. The van der Waals surface area contributed by atoms with Crippen LogP contribution in [0.3, 0.4) is 0 Å². The first-order valence-corrected chi connectivity index (χ1v) is 30.4. The van der Waals surface area contributed by atoms with Crippen LogP contribution in [0.5, 0.6) is 0 Å². The molecule has 0 aromatic carbocycles. The Bertz CT molecular complexity index is 1490. The second kappa shape index (κ2) is 60.6. The standard InChI is InChI=1S/C67H112O6/c1-4-7-10-13-16-19-22-25-27-28-29-30-31-32-33-34-35-36-37-38-40-42-45-48-51-54-57-60-66(69)72-63-64(62-71-65(68)59-56-53-50-47-44-41-24-21-18-15-12-9-6-3)73-67(70)61-58-55-52-49-46-43-39-26-23-20-17-14-11-8-5-2/h8-9,11-12,17-18,20-22,25-26,28-29,39,41,44,46,49,64H,4-7,10,13-16,19,23-24,27,30-38,40,42-43,45,47-48,50-63H2,1-3H3/b11-8-,12-9-,20-17-,21-18-,25-22-,29-28-,39-26-,44-41-,49-46-. The zero-order valence-electron chi connectivity index (χ0n) is 47.6. The maximum absolute atomic E-state index is 12.8. The predicted molar refractivity (Wildman–Crippen MR) is 316 cm³/mol. The van der Waals surface area contributed by atoms with Crippen molar-refractivity contribution in [2.24, 2.45) is 0 Å². The van der Waals surface area contributed by atoms with E-state index in [1.165, 1.54) is 122 Å². The molecule has 1 unspecified atom stereocenters. The van der Waals surface area contributed by atoms with Crippen molar-refractivity contribution in [2.45, 2.75) is 284 Å². The molecule has 0 heterocycles. The van der Waals surface area contributed by atoms with E-state index >= 15 is 0 Å². The van der Waals surface area contributed by atoms with E-state index < -0.39 is 6.10 Å². The van der Waals surface area contributed by atoms with Crippen molar-refractivity contribution < 1.29 is 28.6 Å². The van der Waals surface area contributed by atoms with Gasteiger partial charge in [-0.2, -0.15) is 0 Å². The molecule has 0 saturated carbocycles. The van der Waals surface area contributed by atoms with Gasteiger partial charge in [-0.25, -0.2) is 0 Å². The van der Waals surface area contributed by atoms with E-state index in [2.05, 4.69) is 130 Å². The molecule has 0 aliphatic rings. The molecular weight excluding hydrogens is 901 g/mol. The number of unbranched alkanes of at least 4 members (excludes halogenated alkanes) is 25. The number of rotatable bonds is 54. The van der Waals surface area contributed by atoms with Crippen molar-refractivity contribution in [3.63, 3.8) is 0 Å². The Morgan fingerprint density at radius 2 is 0.534 bits per heavy atom. The molecule has 0 fully saturated rings. The zero-order chi connectivity index (χ0) is 52.9. The summed E-state index contributed by atoms with van der Waals surface area (Å²) >= 11 is 0. The third-order valence-electron chi connectivity index (χ3n) is 12.7. The highest BCUT2D eigenvalue weighted by Gasteiger charge is 2.19. The SMILES string of the molecule is CC/C=C\C/C=C\C/C=C\C/C=C\CCCCC(=O)OC(COC(=O)CCCCC/C=C\C/C=C\C/C=C\CC)COC(=O)CCCCCCCCCCCCCCCCC/C=C\C/C=C\CCCCCCC. The summed E-state index contributed by atoms with van der Waals surface area (Å²) in [5.74, 6) is -0.976. The Labute approximate surface area is 450 Å². The summed E-state index contributed by atoms with van der Waals surface area (Å²) in [4.78, 5) is 38.1. The molecule has 6 nitrogen and oxygen atoms in total. The molecule has 0 aromatic rings. The molecule has 73 heavy (non-hydrogen) atoms. The summed E-state index contributed by atoms with van der Waals surface area (Å²) in [6, 6.07) is 0. The average molecular weight is 1010 g/mol. The molecule has 1 atom stereocenters. The van der Waals surface area contributed by atoms with E-state index in [1.54, 1.807) is 0 Å². The summed E-state index contributed by atoms with van der Waals surface area (Å²) in [6.45, 7) is 6.35. The number of hydrogen-bond donors (Lipinski definition) is 0. The lowest BCUT2D eigenvalue weighted by Gasteiger charge is -2.18. The van der Waals surface area contributed by atoms with Gasteiger partial charge in [0.2, 0.25) is 0 Å². The summed E-state index contributed by atoms with van der Waals surface area (Å²) in [5.41, 5.74) is 0. The van der Waals surface area contributed by atoms with Crippen molar-refractivity contribution in [3.8, 4) is 0 Å². The van der Waals surface area contributed by atoms with Crippen molar-refractivity contribution in [2.75, 3.05) is 13.2 Å². The highest BCUT2D eigenvalue weighted by molar-refractivity contribution is 5.71. The minimum absolute atomic E-state index is 0.105. The molecule has 0 rings (SSSR count). The largest absolute Gasteiger partial charge is 0.462 e. The van der Waals surface area contributed by atoms with Gasteiger partial charge in [-0.1, -0.05) is 246 Å². The van der Waals surface area contributed by atoms with Gasteiger partial charge >= 0.3 is 17.9 Å². The predicted octanol–water partition coefficient (Wildman–Crippen LogP) is 20.7. The van der Waals surface area contributed by atoms with Gasteiger partial charge in [0, 0.05) is 19.3 Å². The number of esters is 3. The van der Waals surface area contributed by atoms with E-state index in [-0.39, 0.29) is 37.5 Å². The van der Waals surface area contributed by atoms with Crippen LogP contribution in [0.15, 0.2) is 109 Å². The van der Waals surface area contributed by atoms with Crippen LogP contribution in [-0.4, -0.2) is 37.2 Å². The van der Waals surface area contributed by atoms with Crippen LogP contribution >= 0.6 is 0 Å². The van der Waals surface area contributed by atoms with Crippen molar-refractivity contribution >= 4 is 17.9 Å². The quantitative estimate of drug-likeness (QED) is 0.0261. The van der Waals surface area contributed by atoms with Crippen LogP contribution in [0, 0.1) is 0 Å². The first-order valence-electron chi connectivity index (χ1n) is 30.4. The van der Waals surface area contributed by atoms with Gasteiger partial charge < -0.3 is 14.2 Å². The number of carbonyl (C=O) groups excluding carboxylic acids is 3. The smallest absolute Gasteiger partial charge is 0.306 e. The van der Waals surface area contributed by atoms with Gasteiger partial charge in [0.1, 0.15) is 13.2 Å². The maximum atomic E-state index is 12.8. The summed E-state index contributed by atoms with van der Waals surface area (Å²) in [7, 11) is 0. The lowest BCUT2D eigenvalue weighted by Crippen LogP contribution is -2.30.